The van der Waals surface area contributed by atoms with E-state index in [4.69, 9.17) is 21.3 Å². The van der Waals surface area contributed by atoms with Crippen LogP contribution in [0.25, 0.3) is 0 Å². The highest BCUT2D eigenvalue weighted by Gasteiger charge is 2.33. The Morgan fingerprint density at radius 1 is 1.33 bits per heavy atom. The van der Waals surface area contributed by atoms with E-state index in [0.29, 0.717) is 36.0 Å². The number of aliphatic imine (C=N–C) groups is 1. The molecule has 2 atom stereocenters. The highest BCUT2D eigenvalue weighted by Crippen LogP contribution is 2.39. The monoisotopic (exact) mass is 427 g/mol. The first kappa shape index (κ1) is 20.7. The number of fused-ring (bicyclic) bond motifs is 2. The zero-order valence-corrected chi connectivity index (χ0v) is 17.7. The third kappa shape index (κ3) is 4.30. The predicted octanol–water partition coefficient (Wildman–Crippen LogP) is 4.69. The van der Waals surface area contributed by atoms with Crippen molar-refractivity contribution in [1.82, 2.24) is 10.2 Å². The lowest BCUT2D eigenvalue weighted by Gasteiger charge is -2.38. The molecule has 2 aliphatic heterocycles. The van der Waals surface area contributed by atoms with Crippen molar-refractivity contribution in [2.24, 2.45) is 10.9 Å². The van der Waals surface area contributed by atoms with Crippen molar-refractivity contribution in [2.45, 2.75) is 32.2 Å². The molecule has 6 nitrogen and oxygen atoms in total. The van der Waals surface area contributed by atoms with Gasteiger partial charge < -0.3 is 20.1 Å². The van der Waals surface area contributed by atoms with E-state index in [1.807, 2.05) is 30.3 Å². The minimum absolute atomic E-state index is 0.138. The summed E-state index contributed by atoms with van der Waals surface area (Å²) in [5.41, 5.74) is 1.57. The molecular weight excluding hydrogens is 402 g/mol. The molecule has 0 aromatic heterocycles. The van der Waals surface area contributed by atoms with Crippen LogP contribution in [0.2, 0.25) is 5.02 Å². The molecule has 1 fully saturated rings. The van der Waals surface area contributed by atoms with Gasteiger partial charge in [0.1, 0.15) is 17.3 Å². The summed E-state index contributed by atoms with van der Waals surface area (Å²) in [4.78, 5) is 19.0. The van der Waals surface area contributed by atoms with E-state index in [0.717, 1.165) is 36.5 Å². The quantitative estimate of drug-likeness (QED) is 0.724. The molecule has 0 spiro atoms. The first-order valence-corrected chi connectivity index (χ1v) is 10.8. The molecule has 158 valence electrons. The second-order valence-corrected chi connectivity index (χ2v) is 8.18. The molecule has 0 unspecified atom stereocenters. The molecule has 2 heterocycles. The Morgan fingerprint density at radius 3 is 2.97 bits per heavy atom. The van der Waals surface area contributed by atoms with E-state index in [1.54, 1.807) is 12.1 Å². The van der Waals surface area contributed by atoms with Gasteiger partial charge in [-0.05, 0) is 36.8 Å². The molecule has 4 rings (SSSR count). The number of piperazine rings is 1. The molecule has 7 heteroatoms. The maximum absolute atomic E-state index is 11.9. The summed E-state index contributed by atoms with van der Waals surface area (Å²) < 4.78 is 6.13. The van der Waals surface area contributed by atoms with E-state index in [-0.39, 0.29) is 6.04 Å². The maximum atomic E-state index is 11.9. The minimum Gasteiger partial charge on any atom is -0.481 e. The Morgan fingerprint density at radius 2 is 2.17 bits per heavy atom. The summed E-state index contributed by atoms with van der Waals surface area (Å²) in [6.45, 7) is 4.09. The van der Waals surface area contributed by atoms with Crippen LogP contribution in [0, 0.1) is 5.92 Å². The molecule has 0 saturated carbocycles. The number of carbonyl (C=O) groups is 1. The van der Waals surface area contributed by atoms with Crippen LogP contribution in [-0.4, -0.2) is 47.5 Å². The van der Waals surface area contributed by atoms with Crippen molar-refractivity contribution in [1.29, 1.82) is 0 Å². The highest BCUT2D eigenvalue weighted by atomic mass is 35.5. The van der Waals surface area contributed by atoms with Crippen LogP contribution in [0.4, 0.5) is 5.69 Å². The van der Waals surface area contributed by atoms with Gasteiger partial charge in [-0.2, -0.15) is 0 Å². The Kier molecular flexibility index (Phi) is 6.25. The number of unbranched alkanes of at least 4 members (excludes halogenated alkanes) is 1. The lowest BCUT2D eigenvalue weighted by atomic mass is 9.92. The third-order valence-electron chi connectivity index (χ3n) is 5.67. The van der Waals surface area contributed by atoms with Crippen LogP contribution >= 0.6 is 11.6 Å². The average Bonchev–Trinajstić information content (AvgIpc) is 2.90. The number of rotatable bonds is 5. The third-order valence-corrected chi connectivity index (χ3v) is 5.91. The predicted molar refractivity (Wildman–Crippen MR) is 118 cm³/mol. The fourth-order valence-electron chi connectivity index (χ4n) is 4.10. The SMILES string of the molecule is CCCC[C@@H](C(=O)O)[C@H]1CN(C2=Nc3cc(Cl)ccc3Oc3ccccc32)CCN1. The first-order chi connectivity index (χ1) is 14.6. The van der Waals surface area contributed by atoms with E-state index in [1.165, 1.54) is 0 Å². The summed E-state index contributed by atoms with van der Waals surface area (Å²) in [7, 11) is 0. The molecule has 0 amide bonds. The molecule has 0 radical (unpaired) electrons. The van der Waals surface area contributed by atoms with E-state index >= 15 is 0 Å². The zero-order valence-electron chi connectivity index (χ0n) is 17.0. The summed E-state index contributed by atoms with van der Waals surface area (Å²) in [6, 6.07) is 13.1. The largest absolute Gasteiger partial charge is 0.481 e. The van der Waals surface area contributed by atoms with Gasteiger partial charge in [-0.15, -0.1) is 0 Å². The van der Waals surface area contributed by atoms with Crippen molar-refractivity contribution in [3.63, 3.8) is 0 Å². The fraction of sp³-hybridized carbons (Fsp3) is 0.391. The topological polar surface area (TPSA) is 74.2 Å². The molecule has 0 bridgehead atoms. The molecule has 2 aromatic carbocycles. The molecule has 2 aliphatic rings. The van der Waals surface area contributed by atoms with E-state index in [9.17, 15) is 9.90 Å². The lowest BCUT2D eigenvalue weighted by molar-refractivity contribution is -0.143. The number of para-hydroxylation sites is 1. The summed E-state index contributed by atoms with van der Waals surface area (Å²) in [6.07, 6.45) is 2.55. The summed E-state index contributed by atoms with van der Waals surface area (Å²) in [5, 5.41) is 13.8. The van der Waals surface area contributed by atoms with E-state index in [2.05, 4.69) is 17.1 Å². The number of hydrogen-bond acceptors (Lipinski definition) is 5. The first-order valence-electron chi connectivity index (χ1n) is 10.4. The maximum Gasteiger partial charge on any atom is 0.308 e. The van der Waals surface area contributed by atoms with Gasteiger partial charge in [0.15, 0.2) is 5.75 Å². The number of aliphatic carboxylic acids is 1. The van der Waals surface area contributed by atoms with Gasteiger partial charge in [0.25, 0.3) is 0 Å². The normalized spacial score (nSPS) is 19.1. The highest BCUT2D eigenvalue weighted by molar-refractivity contribution is 6.31. The number of nitrogens with zero attached hydrogens (tertiary/aromatic N) is 2. The van der Waals surface area contributed by atoms with Gasteiger partial charge in [0.2, 0.25) is 0 Å². The van der Waals surface area contributed by atoms with Crippen LogP contribution in [0.1, 0.15) is 31.7 Å². The molecular formula is C23H26ClN3O3. The molecule has 1 saturated heterocycles. The van der Waals surface area contributed by atoms with Crippen molar-refractivity contribution in [3.8, 4) is 11.5 Å². The number of halogens is 1. The van der Waals surface area contributed by atoms with Crippen molar-refractivity contribution in [2.75, 3.05) is 19.6 Å². The molecule has 0 aliphatic carbocycles. The number of ether oxygens (including phenoxy) is 1. The van der Waals surface area contributed by atoms with Crippen LogP contribution in [-0.2, 0) is 4.79 Å². The standard InChI is InChI=1S/C23H26ClN3O3/c1-2-3-6-16(23(28)29)19-14-27(12-11-25-19)22-17-7-4-5-8-20(17)30-21-10-9-15(24)13-18(21)26-22/h4-5,7-10,13,16,19,25H,2-3,6,11-12,14H2,1H3,(H,28,29)/t16-,19-/m1/s1. The second-order valence-electron chi connectivity index (χ2n) is 7.74. The number of hydrogen-bond donors (Lipinski definition) is 2. The number of nitrogens with one attached hydrogen (secondary N) is 1. The number of carboxylic acid groups (broad SMARTS) is 1. The van der Waals surface area contributed by atoms with Gasteiger partial charge in [-0.3, -0.25) is 4.79 Å². The van der Waals surface area contributed by atoms with Gasteiger partial charge in [0.05, 0.1) is 11.5 Å². The van der Waals surface area contributed by atoms with Crippen molar-refractivity contribution >= 4 is 29.1 Å². The summed E-state index contributed by atoms with van der Waals surface area (Å²) >= 11 is 6.21. The van der Waals surface area contributed by atoms with Gasteiger partial charge in [0, 0.05) is 30.7 Å². The minimum atomic E-state index is -0.744. The van der Waals surface area contributed by atoms with Crippen LogP contribution in [0.5, 0.6) is 11.5 Å². The fourth-order valence-corrected chi connectivity index (χ4v) is 4.27. The zero-order chi connectivity index (χ0) is 21.1. The summed E-state index contributed by atoms with van der Waals surface area (Å²) in [5.74, 6) is 1.00. The van der Waals surface area contributed by atoms with Gasteiger partial charge in [-0.1, -0.05) is 43.5 Å². The van der Waals surface area contributed by atoms with Crippen molar-refractivity contribution in [3.05, 3.63) is 53.1 Å². The molecule has 30 heavy (non-hydrogen) atoms. The second kappa shape index (κ2) is 9.06. The van der Waals surface area contributed by atoms with Gasteiger partial charge in [-0.25, -0.2) is 4.99 Å². The average molecular weight is 428 g/mol. The number of benzene rings is 2. The smallest absolute Gasteiger partial charge is 0.308 e. The molecule has 2 N–H and O–H groups in total. The Balaban J connectivity index is 1.69. The van der Waals surface area contributed by atoms with Crippen molar-refractivity contribution < 1.29 is 14.6 Å². The van der Waals surface area contributed by atoms with Crippen LogP contribution in [0.15, 0.2) is 47.5 Å². The number of carboxylic acids is 1. The van der Waals surface area contributed by atoms with Crippen LogP contribution in [0.3, 0.4) is 0 Å². The Labute approximate surface area is 181 Å². The Bertz CT molecular complexity index is 962. The number of amidine groups is 1. The van der Waals surface area contributed by atoms with Gasteiger partial charge >= 0.3 is 5.97 Å². The molecule has 2 aromatic rings. The Hall–Kier alpha value is -2.57. The van der Waals surface area contributed by atoms with E-state index < -0.39 is 11.9 Å². The van der Waals surface area contributed by atoms with Crippen LogP contribution < -0.4 is 10.1 Å². The lowest BCUT2D eigenvalue weighted by Crippen LogP contribution is -2.56.